The van der Waals surface area contributed by atoms with Gasteiger partial charge in [0, 0.05) is 16.0 Å². The van der Waals surface area contributed by atoms with Gasteiger partial charge in [-0.05, 0) is 55.7 Å². The molecule has 0 atom stereocenters. The molecule has 150 valence electrons. The van der Waals surface area contributed by atoms with Gasteiger partial charge in [-0.25, -0.2) is 9.78 Å². The molecule has 6 nitrogen and oxygen atoms in total. The zero-order valence-corrected chi connectivity index (χ0v) is 17.1. The first-order valence-electron chi connectivity index (χ1n) is 10.3. The Hall–Kier alpha value is -3.06. The van der Waals surface area contributed by atoms with Gasteiger partial charge < -0.3 is 9.72 Å². The van der Waals surface area contributed by atoms with Crippen LogP contribution in [0.2, 0.25) is 0 Å². The highest BCUT2D eigenvalue weighted by atomic mass is 32.1. The predicted octanol–water partition coefficient (Wildman–Crippen LogP) is 3.87. The van der Waals surface area contributed by atoms with Gasteiger partial charge >= 0.3 is 5.97 Å². The SMILES string of the molecule is O=C(OCc1nc2sc3c(c2c(=O)[nH]1)CCC3)c1c2c(nc3ccccc13)CCC2. The smallest absolute Gasteiger partial charge is 0.339 e. The van der Waals surface area contributed by atoms with E-state index in [-0.39, 0.29) is 18.1 Å². The largest absolute Gasteiger partial charge is 0.454 e. The van der Waals surface area contributed by atoms with Crippen LogP contribution in [0.4, 0.5) is 0 Å². The summed E-state index contributed by atoms with van der Waals surface area (Å²) in [6.07, 6.45) is 5.76. The Bertz CT molecular complexity index is 1400. The summed E-state index contributed by atoms with van der Waals surface area (Å²) >= 11 is 1.58. The van der Waals surface area contributed by atoms with Crippen LogP contribution in [-0.4, -0.2) is 20.9 Å². The van der Waals surface area contributed by atoms with Gasteiger partial charge in [-0.2, -0.15) is 0 Å². The number of carbonyl (C=O) groups is 1. The Morgan fingerprint density at radius 2 is 1.90 bits per heavy atom. The van der Waals surface area contributed by atoms with Gasteiger partial charge in [-0.1, -0.05) is 18.2 Å². The number of carbonyl (C=O) groups excluding carboxylic acids is 1. The molecule has 0 amide bonds. The van der Waals surface area contributed by atoms with Crippen LogP contribution >= 0.6 is 11.3 Å². The molecule has 0 unspecified atom stereocenters. The van der Waals surface area contributed by atoms with Crippen molar-refractivity contribution in [3.8, 4) is 0 Å². The first kappa shape index (κ1) is 17.8. The fraction of sp³-hybridized carbons (Fsp3) is 0.304. The summed E-state index contributed by atoms with van der Waals surface area (Å²) in [6, 6.07) is 7.67. The number of H-pyrrole nitrogens is 1. The lowest BCUT2D eigenvalue weighted by atomic mass is 10.0. The van der Waals surface area contributed by atoms with E-state index in [0.29, 0.717) is 16.8 Å². The quantitative estimate of drug-likeness (QED) is 0.512. The number of hydrogen-bond donors (Lipinski definition) is 1. The van der Waals surface area contributed by atoms with Crippen LogP contribution in [0.3, 0.4) is 0 Å². The van der Waals surface area contributed by atoms with Crippen molar-refractivity contribution in [2.45, 2.75) is 45.1 Å². The number of aromatic nitrogens is 3. The molecule has 3 heterocycles. The van der Waals surface area contributed by atoms with E-state index in [1.54, 1.807) is 11.3 Å². The molecule has 1 aromatic carbocycles. The molecule has 4 aromatic rings. The summed E-state index contributed by atoms with van der Waals surface area (Å²) in [5, 5.41) is 1.52. The lowest BCUT2D eigenvalue weighted by Crippen LogP contribution is -2.15. The maximum Gasteiger partial charge on any atom is 0.339 e. The molecule has 0 aliphatic heterocycles. The van der Waals surface area contributed by atoms with Crippen molar-refractivity contribution in [2.75, 3.05) is 0 Å². The molecule has 1 N–H and O–H groups in total. The number of aromatic amines is 1. The number of rotatable bonds is 3. The Morgan fingerprint density at radius 3 is 2.83 bits per heavy atom. The Labute approximate surface area is 175 Å². The molecular weight excluding hydrogens is 398 g/mol. The molecular formula is C23H19N3O3S. The van der Waals surface area contributed by atoms with Crippen LogP contribution in [-0.2, 0) is 37.0 Å². The van der Waals surface area contributed by atoms with Crippen LogP contribution in [0.5, 0.6) is 0 Å². The van der Waals surface area contributed by atoms with Gasteiger partial charge in [0.05, 0.1) is 16.5 Å². The van der Waals surface area contributed by atoms with E-state index in [1.165, 1.54) is 4.88 Å². The van der Waals surface area contributed by atoms with Gasteiger partial charge in [0.2, 0.25) is 0 Å². The van der Waals surface area contributed by atoms with Crippen molar-refractivity contribution in [1.82, 2.24) is 15.0 Å². The summed E-state index contributed by atoms with van der Waals surface area (Å²) in [5.74, 6) is -0.000972. The third kappa shape index (κ3) is 2.69. The first-order chi connectivity index (χ1) is 14.7. The molecule has 0 bridgehead atoms. The lowest BCUT2D eigenvalue weighted by Gasteiger charge is -2.12. The van der Waals surface area contributed by atoms with Crippen LogP contribution in [0, 0.1) is 0 Å². The number of aryl methyl sites for hydroxylation is 3. The molecule has 0 saturated heterocycles. The molecule has 0 radical (unpaired) electrons. The number of esters is 1. The molecule has 30 heavy (non-hydrogen) atoms. The summed E-state index contributed by atoms with van der Waals surface area (Å²) in [5.41, 5.74) is 4.40. The van der Waals surface area contributed by atoms with Crippen LogP contribution in [0.1, 0.15) is 50.7 Å². The molecule has 0 fully saturated rings. The zero-order valence-electron chi connectivity index (χ0n) is 16.3. The average molecular weight is 417 g/mol. The van der Waals surface area contributed by atoms with E-state index < -0.39 is 0 Å². The van der Waals surface area contributed by atoms with E-state index in [2.05, 4.69) is 9.97 Å². The summed E-state index contributed by atoms with van der Waals surface area (Å²) < 4.78 is 5.63. The summed E-state index contributed by atoms with van der Waals surface area (Å²) in [4.78, 5) is 39.8. The zero-order chi connectivity index (χ0) is 20.2. The number of benzene rings is 1. The Balaban J connectivity index is 1.34. The van der Waals surface area contributed by atoms with Gasteiger partial charge in [-0.15, -0.1) is 11.3 Å². The standard InChI is InChI=1S/C23H19N3O3S/c27-21-20-14-7-4-10-17(14)30-22(20)26-18(25-21)11-29-23(28)19-12-5-1-2-8-15(12)24-16-9-3-6-13(16)19/h1-2,5,8H,3-4,6-7,9-11H2,(H,25,26,27). The number of hydrogen-bond acceptors (Lipinski definition) is 6. The van der Waals surface area contributed by atoms with Crippen molar-refractivity contribution < 1.29 is 9.53 Å². The van der Waals surface area contributed by atoms with E-state index >= 15 is 0 Å². The number of pyridine rings is 1. The number of thiophene rings is 1. The summed E-state index contributed by atoms with van der Waals surface area (Å²) in [6.45, 7) is -0.0575. The molecule has 2 aliphatic carbocycles. The van der Waals surface area contributed by atoms with Gasteiger partial charge in [0.15, 0.2) is 0 Å². The average Bonchev–Trinajstić information content (AvgIpc) is 3.45. The number of ether oxygens (including phenoxy) is 1. The lowest BCUT2D eigenvalue weighted by molar-refractivity contribution is 0.0463. The third-order valence-corrected chi connectivity index (χ3v) is 7.27. The molecule has 7 heteroatoms. The number of fused-ring (bicyclic) bond motifs is 5. The van der Waals surface area contributed by atoms with Gasteiger partial charge in [0.25, 0.3) is 5.56 Å². The van der Waals surface area contributed by atoms with E-state index in [1.807, 2.05) is 24.3 Å². The third-order valence-electron chi connectivity index (χ3n) is 6.09. The molecule has 2 aliphatic rings. The van der Waals surface area contributed by atoms with Crippen molar-refractivity contribution in [3.05, 3.63) is 67.7 Å². The highest BCUT2D eigenvalue weighted by Gasteiger charge is 2.25. The molecule has 0 spiro atoms. The maximum absolute atomic E-state index is 13.1. The van der Waals surface area contributed by atoms with Crippen LogP contribution < -0.4 is 5.56 Å². The Kier molecular flexibility index (Phi) is 3.99. The monoisotopic (exact) mass is 417 g/mol. The highest BCUT2D eigenvalue weighted by Crippen LogP contribution is 2.34. The van der Waals surface area contributed by atoms with Crippen molar-refractivity contribution in [3.63, 3.8) is 0 Å². The van der Waals surface area contributed by atoms with Crippen LogP contribution in [0.15, 0.2) is 29.1 Å². The first-order valence-corrected chi connectivity index (χ1v) is 11.1. The fourth-order valence-corrected chi connectivity index (χ4v) is 6.05. The van der Waals surface area contributed by atoms with Crippen molar-refractivity contribution in [1.29, 1.82) is 0 Å². The second-order valence-electron chi connectivity index (χ2n) is 7.91. The summed E-state index contributed by atoms with van der Waals surface area (Å²) in [7, 11) is 0. The number of nitrogens with zero attached hydrogens (tertiary/aromatic N) is 2. The van der Waals surface area contributed by atoms with E-state index in [4.69, 9.17) is 9.72 Å². The second kappa shape index (κ2) is 6.74. The topological polar surface area (TPSA) is 84.9 Å². The fourth-order valence-electron chi connectivity index (χ4n) is 4.77. The second-order valence-corrected chi connectivity index (χ2v) is 8.99. The minimum absolute atomic E-state index is 0.0575. The van der Waals surface area contributed by atoms with Gasteiger partial charge in [-0.3, -0.25) is 9.78 Å². The highest BCUT2D eigenvalue weighted by molar-refractivity contribution is 7.18. The van der Waals surface area contributed by atoms with Crippen molar-refractivity contribution >= 4 is 38.4 Å². The Morgan fingerprint density at radius 1 is 1.07 bits per heavy atom. The minimum Gasteiger partial charge on any atom is -0.454 e. The normalized spacial score (nSPS) is 14.9. The number of para-hydroxylation sites is 1. The van der Waals surface area contributed by atoms with E-state index in [9.17, 15) is 9.59 Å². The number of nitrogens with one attached hydrogen (secondary N) is 1. The van der Waals surface area contributed by atoms with Gasteiger partial charge in [0.1, 0.15) is 17.3 Å². The van der Waals surface area contributed by atoms with Crippen LogP contribution in [0.25, 0.3) is 21.1 Å². The molecule has 3 aromatic heterocycles. The maximum atomic E-state index is 13.1. The molecule has 0 saturated carbocycles. The predicted molar refractivity (Wildman–Crippen MR) is 115 cm³/mol. The van der Waals surface area contributed by atoms with Crippen molar-refractivity contribution in [2.24, 2.45) is 0 Å². The van der Waals surface area contributed by atoms with E-state index in [0.717, 1.165) is 71.1 Å². The minimum atomic E-state index is -0.386. The molecule has 6 rings (SSSR count).